The highest BCUT2D eigenvalue weighted by atomic mass is 16.3. The first kappa shape index (κ1) is 12.7. The molecule has 0 saturated carbocycles. The second-order valence-corrected chi connectivity index (χ2v) is 4.48. The zero-order valence-electron chi connectivity index (χ0n) is 10.2. The number of hydrogen-bond donors (Lipinski definition) is 2. The lowest BCUT2D eigenvalue weighted by atomic mass is 10.1. The van der Waals surface area contributed by atoms with Crippen molar-refractivity contribution < 1.29 is 9.90 Å². The Labute approximate surface area is 95.5 Å². The third-order valence-electron chi connectivity index (χ3n) is 2.28. The number of aliphatic hydroxyl groups is 1. The zero-order valence-corrected chi connectivity index (χ0v) is 10.2. The van der Waals surface area contributed by atoms with Crippen molar-refractivity contribution in [3.05, 3.63) is 17.5 Å². The predicted molar refractivity (Wildman–Crippen MR) is 61.3 cm³/mol. The Morgan fingerprint density at radius 1 is 1.62 bits per heavy atom. The van der Waals surface area contributed by atoms with E-state index in [1.54, 1.807) is 24.6 Å². The van der Waals surface area contributed by atoms with Gasteiger partial charge < -0.3 is 10.4 Å². The molecule has 1 heterocycles. The molecule has 0 aliphatic carbocycles. The van der Waals surface area contributed by atoms with Crippen molar-refractivity contribution in [1.29, 1.82) is 0 Å². The van der Waals surface area contributed by atoms with Gasteiger partial charge in [-0.15, -0.1) is 0 Å². The van der Waals surface area contributed by atoms with E-state index in [4.69, 9.17) is 5.11 Å². The number of amides is 1. The Balaban J connectivity index is 2.88. The van der Waals surface area contributed by atoms with Crippen LogP contribution in [0, 0.1) is 6.92 Å². The maximum absolute atomic E-state index is 11.9. The highest BCUT2D eigenvalue weighted by molar-refractivity contribution is 5.93. The van der Waals surface area contributed by atoms with Crippen LogP contribution in [0.1, 0.15) is 37.0 Å². The lowest BCUT2D eigenvalue weighted by molar-refractivity contribution is 0.0858. The molecule has 5 heteroatoms. The summed E-state index contributed by atoms with van der Waals surface area (Å²) in [4.78, 5) is 11.9. The quantitative estimate of drug-likeness (QED) is 0.793. The summed E-state index contributed by atoms with van der Waals surface area (Å²) in [7, 11) is 0. The van der Waals surface area contributed by atoms with E-state index in [9.17, 15) is 4.79 Å². The normalized spacial score (nSPS) is 11.6. The molecule has 1 aromatic rings. The molecular weight excluding hydrogens is 206 g/mol. The van der Waals surface area contributed by atoms with Crippen LogP contribution < -0.4 is 5.32 Å². The van der Waals surface area contributed by atoms with E-state index >= 15 is 0 Å². The summed E-state index contributed by atoms with van der Waals surface area (Å²) in [5.41, 5.74) is 0.726. The largest absolute Gasteiger partial charge is 0.394 e. The van der Waals surface area contributed by atoms with Gasteiger partial charge in [-0.05, 0) is 33.8 Å². The molecule has 0 spiro atoms. The standard InChI is InChI=1S/C11H19N3O2/c1-5-14-9(6-8(2)13-14)10(16)12-11(3,4)7-15/h6,15H,5,7H2,1-4H3,(H,12,16). The fourth-order valence-corrected chi connectivity index (χ4v) is 1.38. The van der Waals surface area contributed by atoms with Crippen LogP contribution in [0.5, 0.6) is 0 Å². The van der Waals surface area contributed by atoms with E-state index in [2.05, 4.69) is 10.4 Å². The molecule has 0 aromatic carbocycles. The smallest absolute Gasteiger partial charge is 0.270 e. The molecule has 0 aliphatic rings. The van der Waals surface area contributed by atoms with Crippen molar-refractivity contribution in [3.8, 4) is 0 Å². The first-order chi connectivity index (χ1) is 7.39. The van der Waals surface area contributed by atoms with Gasteiger partial charge in [-0.3, -0.25) is 9.48 Å². The summed E-state index contributed by atoms with van der Waals surface area (Å²) in [5.74, 6) is -0.207. The monoisotopic (exact) mass is 225 g/mol. The lowest BCUT2D eigenvalue weighted by Crippen LogP contribution is -2.46. The third kappa shape index (κ3) is 2.82. The molecular formula is C11H19N3O2. The van der Waals surface area contributed by atoms with Crippen molar-refractivity contribution in [2.24, 2.45) is 0 Å². The molecule has 2 N–H and O–H groups in total. The van der Waals surface area contributed by atoms with Crippen LogP contribution in [-0.4, -0.2) is 32.9 Å². The molecule has 5 nitrogen and oxygen atoms in total. The Morgan fingerprint density at radius 3 is 2.75 bits per heavy atom. The molecule has 0 unspecified atom stereocenters. The third-order valence-corrected chi connectivity index (χ3v) is 2.28. The first-order valence-corrected chi connectivity index (χ1v) is 5.37. The van der Waals surface area contributed by atoms with Crippen LogP contribution in [0.15, 0.2) is 6.07 Å². The van der Waals surface area contributed by atoms with Crippen LogP contribution in [0.25, 0.3) is 0 Å². The summed E-state index contributed by atoms with van der Waals surface area (Å²) in [5, 5.41) is 16.0. The number of rotatable bonds is 4. The fraction of sp³-hybridized carbons (Fsp3) is 0.636. The predicted octanol–water partition coefficient (Wildman–Crippen LogP) is 0.712. The van der Waals surface area contributed by atoms with Gasteiger partial charge in [-0.25, -0.2) is 0 Å². The van der Waals surface area contributed by atoms with Crippen molar-refractivity contribution in [1.82, 2.24) is 15.1 Å². The summed E-state index contributed by atoms with van der Waals surface area (Å²) < 4.78 is 1.65. The summed E-state index contributed by atoms with van der Waals surface area (Å²) in [6.07, 6.45) is 0. The van der Waals surface area contributed by atoms with Crippen molar-refractivity contribution >= 4 is 5.91 Å². The minimum absolute atomic E-state index is 0.0992. The van der Waals surface area contributed by atoms with Gasteiger partial charge in [-0.1, -0.05) is 0 Å². The second-order valence-electron chi connectivity index (χ2n) is 4.48. The van der Waals surface area contributed by atoms with Gasteiger partial charge in [0.1, 0.15) is 5.69 Å². The number of aromatic nitrogens is 2. The van der Waals surface area contributed by atoms with E-state index in [1.807, 2.05) is 13.8 Å². The molecule has 0 atom stereocenters. The van der Waals surface area contributed by atoms with E-state index in [0.717, 1.165) is 5.69 Å². The zero-order chi connectivity index (χ0) is 12.3. The average molecular weight is 225 g/mol. The molecule has 0 radical (unpaired) electrons. The van der Waals surface area contributed by atoms with Crippen LogP contribution in [0.3, 0.4) is 0 Å². The van der Waals surface area contributed by atoms with Crippen LogP contribution in [0.4, 0.5) is 0 Å². The molecule has 16 heavy (non-hydrogen) atoms. The lowest BCUT2D eigenvalue weighted by Gasteiger charge is -2.23. The van der Waals surface area contributed by atoms with Crippen molar-refractivity contribution in [3.63, 3.8) is 0 Å². The Morgan fingerprint density at radius 2 is 2.25 bits per heavy atom. The minimum atomic E-state index is -0.617. The number of hydrogen-bond acceptors (Lipinski definition) is 3. The summed E-state index contributed by atoms with van der Waals surface area (Å²) >= 11 is 0. The van der Waals surface area contributed by atoms with Gasteiger partial charge in [-0.2, -0.15) is 5.10 Å². The molecule has 1 rings (SSSR count). The van der Waals surface area contributed by atoms with Crippen LogP contribution >= 0.6 is 0 Å². The SMILES string of the molecule is CCn1nc(C)cc1C(=O)NC(C)(C)CO. The number of aryl methyl sites for hydroxylation is 2. The molecule has 0 fully saturated rings. The highest BCUT2D eigenvalue weighted by Gasteiger charge is 2.22. The van der Waals surface area contributed by atoms with E-state index in [0.29, 0.717) is 12.2 Å². The van der Waals surface area contributed by atoms with E-state index in [-0.39, 0.29) is 12.5 Å². The first-order valence-electron chi connectivity index (χ1n) is 5.37. The fourth-order valence-electron chi connectivity index (χ4n) is 1.38. The van der Waals surface area contributed by atoms with E-state index in [1.165, 1.54) is 0 Å². The summed E-state index contributed by atoms with van der Waals surface area (Å²) in [6.45, 7) is 7.86. The maximum Gasteiger partial charge on any atom is 0.270 e. The van der Waals surface area contributed by atoms with Crippen molar-refractivity contribution in [2.75, 3.05) is 6.61 Å². The molecule has 0 saturated heterocycles. The Bertz CT molecular complexity index is 383. The van der Waals surface area contributed by atoms with E-state index < -0.39 is 5.54 Å². The maximum atomic E-state index is 11.9. The van der Waals surface area contributed by atoms with Gasteiger partial charge in [0.05, 0.1) is 17.8 Å². The van der Waals surface area contributed by atoms with Gasteiger partial charge >= 0.3 is 0 Å². The molecule has 90 valence electrons. The van der Waals surface area contributed by atoms with Crippen LogP contribution in [0.2, 0.25) is 0 Å². The second kappa shape index (κ2) is 4.65. The van der Waals surface area contributed by atoms with Crippen molar-refractivity contribution in [2.45, 2.75) is 39.8 Å². The van der Waals surface area contributed by atoms with Gasteiger partial charge in [0.25, 0.3) is 5.91 Å². The molecule has 1 amide bonds. The number of carbonyl (C=O) groups is 1. The molecule has 1 aromatic heterocycles. The number of carbonyl (C=O) groups excluding carboxylic acids is 1. The molecule has 0 bridgehead atoms. The van der Waals surface area contributed by atoms with Crippen LogP contribution in [-0.2, 0) is 6.54 Å². The number of aliphatic hydroxyl groups excluding tert-OH is 1. The average Bonchev–Trinajstić information content (AvgIpc) is 2.59. The minimum Gasteiger partial charge on any atom is -0.394 e. The summed E-state index contributed by atoms with van der Waals surface area (Å²) in [6, 6.07) is 1.74. The molecule has 0 aliphatic heterocycles. The Kier molecular flexibility index (Phi) is 3.70. The van der Waals surface area contributed by atoms with Gasteiger partial charge in [0, 0.05) is 6.54 Å². The number of nitrogens with one attached hydrogen (secondary N) is 1. The van der Waals surface area contributed by atoms with Gasteiger partial charge in [0.2, 0.25) is 0 Å². The topological polar surface area (TPSA) is 67.2 Å². The highest BCUT2D eigenvalue weighted by Crippen LogP contribution is 2.07. The number of nitrogens with zero attached hydrogens (tertiary/aromatic N) is 2. The Hall–Kier alpha value is -1.36. The van der Waals surface area contributed by atoms with Gasteiger partial charge in [0.15, 0.2) is 0 Å².